The number of hydrogen-bond acceptors (Lipinski definition) is 7. The molecule has 7 nitrogen and oxygen atoms in total. The smallest absolute Gasteiger partial charge is 0.266 e. The van der Waals surface area contributed by atoms with Crippen LogP contribution in [0.5, 0.6) is 11.5 Å². The van der Waals surface area contributed by atoms with Gasteiger partial charge in [0.25, 0.3) is 5.91 Å². The van der Waals surface area contributed by atoms with E-state index in [1.54, 1.807) is 12.0 Å². The number of anilines is 1. The number of carbonyl (C=O) groups excluding carboxylic acids is 1. The fourth-order valence-electron chi connectivity index (χ4n) is 3.68. The molecule has 1 aromatic heterocycles. The quantitative estimate of drug-likeness (QED) is 0.447. The van der Waals surface area contributed by atoms with Crippen LogP contribution in [0.4, 0.5) is 5.13 Å². The van der Waals surface area contributed by atoms with Crippen LogP contribution < -0.4 is 14.4 Å². The molecule has 0 bridgehead atoms. The molecule has 33 heavy (non-hydrogen) atoms. The largest absolute Gasteiger partial charge is 0.497 e. The molecule has 0 unspecified atom stereocenters. The minimum atomic E-state index is -0.0961. The Bertz CT molecular complexity index is 1060. The van der Waals surface area contributed by atoms with Crippen molar-refractivity contribution in [2.75, 3.05) is 58.0 Å². The number of benzene rings is 2. The molecule has 2 aromatic carbocycles. The van der Waals surface area contributed by atoms with Gasteiger partial charge >= 0.3 is 0 Å². The van der Waals surface area contributed by atoms with Gasteiger partial charge in [-0.25, -0.2) is 4.98 Å². The van der Waals surface area contributed by atoms with Crippen molar-refractivity contribution >= 4 is 45.0 Å². The van der Waals surface area contributed by atoms with E-state index in [9.17, 15) is 4.79 Å². The van der Waals surface area contributed by atoms with Gasteiger partial charge in [-0.3, -0.25) is 14.6 Å². The van der Waals surface area contributed by atoms with Gasteiger partial charge in [0.05, 0.1) is 30.5 Å². The molecular weight excluding hydrogens is 462 g/mol. The summed E-state index contributed by atoms with van der Waals surface area (Å²) in [6.45, 7) is 6.87. The highest BCUT2D eigenvalue weighted by molar-refractivity contribution is 7.22. The summed E-state index contributed by atoms with van der Waals surface area (Å²) < 4.78 is 17.6. The molecule has 0 saturated carbocycles. The molecule has 1 aliphatic heterocycles. The summed E-state index contributed by atoms with van der Waals surface area (Å²) in [7, 11) is 1.64. The van der Waals surface area contributed by atoms with Gasteiger partial charge in [0.2, 0.25) is 0 Å². The van der Waals surface area contributed by atoms with Gasteiger partial charge in [-0.05, 0) is 37.1 Å². The number of nitrogens with zero attached hydrogens (tertiary/aromatic N) is 3. The van der Waals surface area contributed by atoms with Gasteiger partial charge in [0.15, 0.2) is 11.7 Å². The third-order valence-electron chi connectivity index (χ3n) is 5.52. The molecule has 0 N–H and O–H groups in total. The summed E-state index contributed by atoms with van der Waals surface area (Å²) in [6.07, 6.45) is 0.856. The average Bonchev–Trinajstić information content (AvgIpc) is 3.24. The second kappa shape index (κ2) is 12.2. The molecule has 0 aliphatic carbocycles. The minimum Gasteiger partial charge on any atom is -0.497 e. The Kier molecular flexibility index (Phi) is 9.31. The van der Waals surface area contributed by atoms with Crippen molar-refractivity contribution in [3.8, 4) is 11.5 Å². The zero-order chi connectivity index (χ0) is 22.3. The van der Waals surface area contributed by atoms with Crippen molar-refractivity contribution in [3.63, 3.8) is 0 Å². The van der Waals surface area contributed by atoms with Crippen LogP contribution in [0, 0.1) is 6.92 Å². The van der Waals surface area contributed by atoms with E-state index in [4.69, 9.17) is 19.2 Å². The number of aromatic nitrogens is 1. The van der Waals surface area contributed by atoms with Crippen LogP contribution in [-0.2, 0) is 9.53 Å². The van der Waals surface area contributed by atoms with Gasteiger partial charge in [0, 0.05) is 32.2 Å². The summed E-state index contributed by atoms with van der Waals surface area (Å²) in [6, 6.07) is 13.5. The van der Waals surface area contributed by atoms with Crippen LogP contribution in [0.2, 0.25) is 0 Å². The molecule has 1 amide bonds. The number of methoxy groups -OCH3 is 1. The summed E-state index contributed by atoms with van der Waals surface area (Å²) in [5.41, 5.74) is 1.83. The fourth-order valence-corrected chi connectivity index (χ4v) is 4.67. The number of aryl methyl sites for hydroxylation is 1. The molecular formula is C24H30ClN3O4S. The van der Waals surface area contributed by atoms with Crippen LogP contribution >= 0.6 is 23.7 Å². The van der Waals surface area contributed by atoms with Crippen LogP contribution in [-0.4, -0.2) is 68.9 Å². The van der Waals surface area contributed by atoms with E-state index in [2.05, 4.69) is 4.90 Å². The van der Waals surface area contributed by atoms with Gasteiger partial charge < -0.3 is 14.2 Å². The Morgan fingerprint density at radius 1 is 1.21 bits per heavy atom. The maximum atomic E-state index is 13.2. The maximum Gasteiger partial charge on any atom is 0.266 e. The number of ether oxygens (including phenoxy) is 3. The lowest BCUT2D eigenvalue weighted by molar-refractivity contribution is -0.120. The molecule has 1 fully saturated rings. The summed E-state index contributed by atoms with van der Waals surface area (Å²) in [4.78, 5) is 22.1. The van der Waals surface area contributed by atoms with E-state index >= 15 is 0 Å². The van der Waals surface area contributed by atoms with Gasteiger partial charge in [-0.2, -0.15) is 0 Å². The van der Waals surface area contributed by atoms with Gasteiger partial charge in [-0.15, -0.1) is 12.4 Å². The van der Waals surface area contributed by atoms with E-state index in [-0.39, 0.29) is 24.9 Å². The number of morpholine rings is 1. The lowest BCUT2D eigenvalue weighted by atomic mass is 10.2. The molecule has 2 heterocycles. The highest BCUT2D eigenvalue weighted by Crippen LogP contribution is 2.31. The van der Waals surface area contributed by atoms with E-state index in [1.807, 2.05) is 49.4 Å². The van der Waals surface area contributed by atoms with E-state index in [0.717, 1.165) is 66.5 Å². The van der Waals surface area contributed by atoms with Gasteiger partial charge in [0.1, 0.15) is 11.5 Å². The SMILES string of the molecule is COc1ccc2sc(N(CCCN3CCOCC3)C(=O)COc3ccccc3C)nc2c1.Cl. The summed E-state index contributed by atoms with van der Waals surface area (Å²) in [5.74, 6) is 1.38. The topological polar surface area (TPSA) is 64.1 Å². The number of carbonyl (C=O) groups is 1. The molecule has 9 heteroatoms. The number of amides is 1. The number of halogens is 1. The molecule has 4 rings (SSSR count). The Morgan fingerprint density at radius 3 is 2.76 bits per heavy atom. The second-order valence-electron chi connectivity index (χ2n) is 7.74. The maximum absolute atomic E-state index is 13.2. The van der Waals surface area contributed by atoms with Crippen molar-refractivity contribution in [3.05, 3.63) is 48.0 Å². The third kappa shape index (κ3) is 6.57. The van der Waals surface area contributed by atoms with Crippen LogP contribution in [0.25, 0.3) is 10.2 Å². The summed E-state index contributed by atoms with van der Waals surface area (Å²) >= 11 is 1.51. The Hall–Kier alpha value is -2.39. The lowest BCUT2D eigenvalue weighted by Gasteiger charge is -2.27. The number of hydrogen-bond donors (Lipinski definition) is 0. The number of para-hydroxylation sites is 1. The highest BCUT2D eigenvalue weighted by Gasteiger charge is 2.21. The van der Waals surface area contributed by atoms with Crippen molar-refractivity contribution in [1.29, 1.82) is 0 Å². The predicted octanol–water partition coefficient (Wildman–Crippen LogP) is 4.17. The van der Waals surface area contributed by atoms with Crippen molar-refractivity contribution < 1.29 is 19.0 Å². The first kappa shape index (κ1) is 25.2. The molecule has 1 saturated heterocycles. The van der Waals surface area contributed by atoms with E-state index in [0.29, 0.717) is 11.7 Å². The minimum absolute atomic E-state index is 0. The van der Waals surface area contributed by atoms with Crippen molar-refractivity contribution in [1.82, 2.24) is 9.88 Å². The number of rotatable bonds is 9. The Morgan fingerprint density at radius 2 is 2.00 bits per heavy atom. The van der Waals surface area contributed by atoms with Crippen molar-refractivity contribution in [2.24, 2.45) is 0 Å². The molecule has 0 radical (unpaired) electrons. The summed E-state index contributed by atoms with van der Waals surface area (Å²) in [5, 5.41) is 0.689. The number of fused-ring (bicyclic) bond motifs is 1. The Labute approximate surface area is 204 Å². The van der Waals surface area contributed by atoms with Gasteiger partial charge in [-0.1, -0.05) is 29.5 Å². The van der Waals surface area contributed by atoms with Crippen molar-refractivity contribution in [2.45, 2.75) is 13.3 Å². The normalized spacial score (nSPS) is 14.0. The first-order valence-corrected chi connectivity index (χ1v) is 11.7. The first-order valence-electron chi connectivity index (χ1n) is 10.9. The third-order valence-corrected chi connectivity index (χ3v) is 6.58. The zero-order valence-corrected chi connectivity index (χ0v) is 20.6. The average molecular weight is 492 g/mol. The van der Waals surface area contributed by atoms with Crippen LogP contribution in [0.15, 0.2) is 42.5 Å². The van der Waals surface area contributed by atoms with Crippen LogP contribution in [0.3, 0.4) is 0 Å². The standard InChI is InChI=1S/C24H29N3O4S.ClH/c1-18-6-3-4-7-21(18)31-17-23(28)27(11-5-10-26-12-14-30-15-13-26)24-25-20-16-19(29-2)8-9-22(20)32-24;/h3-4,6-9,16H,5,10-15,17H2,1-2H3;1H. The lowest BCUT2D eigenvalue weighted by Crippen LogP contribution is -2.40. The fraction of sp³-hybridized carbons (Fsp3) is 0.417. The monoisotopic (exact) mass is 491 g/mol. The molecule has 1 aliphatic rings. The predicted molar refractivity (Wildman–Crippen MR) is 134 cm³/mol. The molecule has 3 aromatic rings. The zero-order valence-electron chi connectivity index (χ0n) is 19.0. The van der Waals surface area contributed by atoms with E-state index < -0.39 is 0 Å². The van der Waals surface area contributed by atoms with Crippen LogP contribution in [0.1, 0.15) is 12.0 Å². The Balaban J connectivity index is 0.00000306. The van der Waals surface area contributed by atoms with E-state index in [1.165, 1.54) is 11.3 Å². The molecule has 0 spiro atoms. The molecule has 0 atom stereocenters. The highest BCUT2D eigenvalue weighted by atomic mass is 35.5. The second-order valence-corrected chi connectivity index (χ2v) is 8.75. The first-order chi connectivity index (χ1) is 15.6. The number of thiazole rings is 1. The molecule has 178 valence electrons.